The number of hydrogen-bond acceptors (Lipinski definition) is 4. The van der Waals surface area contributed by atoms with Crippen LogP contribution in [-0.2, 0) is 14.9 Å². The molecule has 2 unspecified atom stereocenters. The molecule has 13 rings (SSSR count). The fourth-order valence-electron chi connectivity index (χ4n) is 10.5. The fourth-order valence-corrected chi connectivity index (χ4v) is 10.5. The van der Waals surface area contributed by atoms with Crippen LogP contribution >= 0.6 is 0 Å². The lowest BCUT2D eigenvalue weighted by molar-refractivity contribution is 0.257. The van der Waals surface area contributed by atoms with E-state index in [-0.39, 0.29) is 12.2 Å². The van der Waals surface area contributed by atoms with Gasteiger partial charge in [-0.1, -0.05) is 170 Å². The lowest BCUT2D eigenvalue weighted by atomic mass is 9.64. The number of benzene rings is 10. The summed E-state index contributed by atoms with van der Waals surface area (Å²) in [6.07, 6.45) is 0.128. The smallest absolute Gasteiger partial charge is 0.124 e. The number of fused-ring (bicyclic) bond motifs is 7. The van der Waals surface area contributed by atoms with Crippen molar-refractivity contribution < 1.29 is 18.9 Å². The van der Waals surface area contributed by atoms with Gasteiger partial charge in [0.2, 0.25) is 0 Å². The van der Waals surface area contributed by atoms with Crippen molar-refractivity contribution in [3.63, 3.8) is 0 Å². The van der Waals surface area contributed by atoms with Crippen LogP contribution in [-0.4, -0.2) is 38.6 Å². The normalized spacial score (nSPS) is 16.9. The van der Waals surface area contributed by atoms with Gasteiger partial charge < -0.3 is 18.9 Å². The summed E-state index contributed by atoms with van der Waals surface area (Å²) >= 11 is 0. The maximum absolute atomic E-state index is 7.08. The summed E-state index contributed by atoms with van der Waals surface area (Å²) in [5, 5.41) is 9.39. The lowest BCUT2D eigenvalue weighted by Gasteiger charge is -2.38. The van der Waals surface area contributed by atoms with Crippen LogP contribution in [0.15, 0.2) is 194 Å². The van der Waals surface area contributed by atoms with Crippen molar-refractivity contribution in [1.82, 2.24) is 0 Å². The molecule has 0 bridgehead atoms. The molecule has 0 spiro atoms. The highest BCUT2D eigenvalue weighted by atomic mass is 16.6. The molecule has 302 valence electrons. The Kier molecular flexibility index (Phi) is 8.34. The quantitative estimate of drug-likeness (QED) is 0.129. The maximum Gasteiger partial charge on any atom is 0.124 e. The zero-order valence-corrected chi connectivity index (χ0v) is 34.6. The second-order valence-corrected chi connectivity index (χ2v) is 17.2. The first-order valence-corrected chi connectivity index (χ1v) is 22.0. The van der Waals surface area contributed by atoms with Crippen molar-refractivity contribution in [2.75, 3.05) is 26.4 Å². The third kappa shape index (κ3) is 5.90. The van der Waals surface area contributed by atoms with E-state index in [1.54, 1.807) is 0 Å². The van der Waals surface area contributed by atoms with Gasteiger partial charge in [-0.15, -0.1) is 0 Å². The molecule has 0 N–H and O–H groups in total. The molecule has 0 aromatic heterocycles. The van der Waals surface area contributed by atoms with Crippen LogP contribution in [0.4, 0.5) is 0 Å². The van der Waals surface area contributed by atoms with Crippen LogP contribution in [0, 0.1) is 0 Å². The summed E-state index contributed by atoms with van der Waals surface area (Å²) in [5.74, 6) is 1.66. The van der Waals surface area contributed by atoms with E-state index in [9.17, 15) is 0 Å². The Balaban J connectivity index is 1.22. The lowest BCUT2D eigenvalue weighted by Crippen LogP contribution is -2.31. The molecule has 2 aliphatic heterocycles. The molecule has 63 heavy (non-hydrogen) atoms. The third-order valence-electron chi connectivity index (χ3n) is 13.5. The Hall–Kier alpha value is -7.24. The average Bonchev–Trinajstić information content (AvgIpc) is 4.30. The van der Waals surface area contributed by atoms with Crippen LogP contribution in [0.2, 0.25) is 0 Å². The van der Waals surface area contributed by atoms with E-state index < -0.39 is 5.41 Å². The molecule has 2 atom stereocenters. The van der Waals surface area contributed by atoms with Gasteiger partial charge in [0.25, 0.3) is 0 Å². The molecule has 2 fully saturated rings. The van der Waals surface area contributed by atoms with E-state index >= 15 is 0 Å². The van der Waals surface area contributed by atoms with Gasteiger partial charge in [-0.05, 0) is 112 Å². The van der Waals surface area contributed by atoms with Crippen molar-refractivity contribution >= 4 is 43.1 Å². The van der Waals surface area contributed by atoms with Crippen molar-refractivity contribution in [3.05, 3.63) is 216 Å². The SMILES string of the molecule is c1ccc2c(-c3ccc4c(c3)C(c3c(OCC5CO5)ccc5ccccc35)(c3c(OCC5CO5)ccc5ccccc35)c3cc(-c5cccc6ccccc56)ccc3-4)cccc2c1. The predicted octanol–water partition coefficient (Wildman–Crippen LogP) is 13.6. The van der Waals surface area contributed by atoms with Crippen molar-refractivity contribution in [2.45, 2.75) is 17.6 Å². The zero-order chi connectivity index (χ0) is 41.5. The molecule has 0 radical (unpaired) electrons. The third-order valence-corrected chi connectivity index (χ3v) is 13.5. The van der Waals surface area contributed by atoms with Crippen LogP contribution in [0.1, 0.15) is 22.3 Å². The molecule has 10 aromatic rings. The van der Waals surface area contributed by atoms with Crippen molar-refractivity contribution in [1.29, 1.82) is 0 Å². The molecule has 4 nitrogen and oxygen atoms in total. The zero-order valence-electron chi connectivity index (χ0n) is 34.6. The van der Waals surface area contributed by atoms with Gasteiger partial charge in [0.1, 0.15) is 36.9 Å². The maximum atomic E-state index is 7.08. The number of rotatable bonds is 10. The molecule has 0 amide bonds. The van der Waals surface area contributed by atoms with Crippen LogP contribution in [0.3, 0.4) is 0 Å². The highest BCUT2D eigenvalue weighted by Gasteiger charge is 2.51. The van der Waals surface area contributed by atoms with Gasteiger partial charge in [0.05, 0.1) is 18.6 Å². The van der Waals surface area contributed by atoms with Gasteiger partial charge in [0.15, 0.2) is 0 Å². The summed E-state index contributed by atoms with van der Waals surface area (Å²) in [6.45, 7) is 2.33. The average molecular weight is 815 g/mol. The minimum absolute atomic E-state index is 0.0642. The van der Waals surface area contributed by atoms with E-state index in [1.165, 1.54) is 54.9 Å². The van der Waals surface area contributed by atoms with Crippen LogP contribution < -0.4 is 9.47 Å². The summed E-state index contributed by atoms with van der Waals surface area (Å²) in [5.41, 5.74) is 10.7. The Morgan fingerprint density at radius 3 is 1.19 bits per heavy atom. The van der Waals surface area contributed by atoms with E-state index in [4.69, 9.17) is 18.9 Å². The molecule has 4 heteroatoms. The van der Waals surface area contributed by atoms with Gasteiger partial charge in [0, 0.05) is 11.1 Å². The molecule has 10 aromatic carbocycles. The summed E-state index contributed by atoms with van der Waals surface area (Å²) in [4.78, 5) is 0. The number of epoxide rings is 2. The highest BCUT2D eigenvalue weighted by molar-refractivity contribution is 6.04. The van der Waals surface area contributed by atoms with Gasteiger partial charge in [-0.25, -0.2) is 0 Å². The summed E-state index contributed by atoms with van der Waals surface area (Å²) < 4.78 is 25.7. The van der Waals surface area contributed by atoms with Gasteiger partial charge in [-0.3, -0.25) is 0 Å². The second kappa shape index (κ2) is 14.4. The first-order valence-electron chi connectivity index (χ1n) is 22.0. The highest BCUT2D eigenvalue weighted by Crippen LogP contribution is 2.63. The topological polar surface area (TPSA) is 43.5 Å². The fraction of sp³-hybridized carbons (Fsp3) is 0.119. The van der Waals surface area contributed by atoms with Gasteiger partial charge >= 0.3 is 0 Å². The predicted molar refractivity (Wildman–Crippen MR) is 255 cm³/mol. The van der Waals surface area contributed by atoms with Crippen molar-refractivity contribution in [3.8, 4) is 44.9 Å². The first kappa shape index (κ1) is 36.4. The molecule has 1 aliphatic carbocycles. The molecular formula is C59H42O4. The van der Waals surface area contributed by atoms with Crippen molar-refractivity contribution in [2.24, 2.45) is 0 Å². The van der Waals surface area contributed by atoms with Crippen LogP contribution in [0.5, 0.6) is 11.5 Å². The Morgan fingerprint density at radius 1 is 0.381 bits per heavy atom. The minimum Gasteiger partial charge on any atom is -0.490 e. The van der Waals surface area contributed by atoms with E-state index in [0.717, 1.165) is 55.3 Å². The number of hydrogen-bond donors (Lipinski definition) is 0. The van der Waals surface area contributed by atoms with Crippen LogP contribution in [0.25, 0.3) is 76.5 Å². The molecule has 2 heterocycles. The van der Waals surface area contributed by atoms with E-state index in [2.05, 4.69) is 194 Å². The Bertz CT molecular complexity index is 3210. The molecule has 2 saturated heterocycles. The Labute approximate surface area is 365 Å². The number of ether oxygens (including phenoxy) is 4. The van der Waals surface area contributed by atoms with E-state index in [1.807, 2.05) is 0 Å². The summed E-state index contributed by atoms with van der Waals surface area (Å²) in [7, 11) is 0. The van der Waals surface area contributed by atoms with Gasteiger partial charge in [-0.2, -0.15) is 0 Å². The Morgan fingerprint density at radius 2 is 0.762 bits per heavy atom. The first-order chi connectivity index (χ1) is 31.2. The standard InChI is InChI=1S/C59H42O4/c1-5-17-45-37(11-1)15-9-21-47(45)41-23-27-51-52-28-24-42(48-22-10-16-38-12-2-6-18-46(38)48)32-54(52)59(53(51)31-41,57-49-19-7-3-13-39(49)25-29-55(57)62-35-43-33-60-43)58-50-20-8-4-14-40(50)26-30-56(58)63-36-44-34-61-44/h1-32,43-44H,33-36H2. The monoisotopic (exact) mass is 814 g/mol. The molecule has 3 aliphatic rings. The second-order valence-electron chi connectivity index (χ2n) is 17.2. The van der Waals surface area contributed by atoms with E-state index in [0.29, 0.717) is 26.4 Å². The largest absolute Gasteiger partial charge is 0.490 e. The summed E-state index contributed by atoms with van der Waals surface area (Å²) in [6, 6.07) is 71.3. The molecular weight excluding hydrogens is 773 g/mol. The minimum atomic E-state index is -0.951. The molecule has 0 saturated carbocycles.